The first kappa shape index (κ1) is 9.48. The van der Waals surface area contributed by atoms with E-state index < -0.39 is 0 Å². The second kappa shape index (κ2) is 3.39. The third-order valence-corrected chi connectivity index (χ3v) is 3.15. The second-order valence-electron chi connectivity index (χ2n) is 4.17. The van der Waals surface area contributed by atoms with Gasteiger partial charge in [-0.3, -0.25) is 0 Å². The van der Waals surface area contributed by atoms with Crippen LogP contribution in [0.3, 0.4) is 0 Å². The van der Waals surface area contributed by atoms with Crippen molar-refractivity contribution in [2.45, 2.75) is 5.41 Å². The van der Waals surface area contributed by atoms with E-state index in [4.69, 9.17) is 14.9 Å². The lowest BCUT2D eigenvalue weighted by Crippen LogP contribution is -2.47. The monoisotopic (exact) mass is 215 g/mol. The largest absolute Gasteiger partial charge is 0.468 e. The van der Waals surface area contributed by atoms with Crippen LogP contribution in [0, 0.1) is 0 Å². The van der Waals surface area contributed by atoms with E-state index >= 15 is 0 Å². The quantitative estimate of drug-likeness (QED) is 0.781. The van der Waals surface area contributed by atoms with E-state index in [1.807, 2.05) is 36.4 Å². The number of nitrogen functional groups attached to an aromatic ring is 1. The summed E-state index contributed by atoms with van der Waals surface area (Å²) in [5.41, 5.74) is 7.55. The lowest BCUT2D eigenvalue weighted by molar-refractivity contribution is -0.0475. The third kappa shape index (κ3) is 1.25. The topological polar surface area (TPSA) is 48.4 Å². The maximum atomic E-state index is 5.69. The van der Waals surface area contributed by atoms with Crippen LogP contribution in [-0.2, 0) is 10.2 Å². The summed E-state index contributed by atoms with van der Waals surface area (Å²) in [7, 11) is 0. The Balaban J connectivity index is 2.05. The van der Waals surface area contributed by atoms with Gasteiger partial charge in [-0.25, -0.2) is 0 Å². The van der Waals surface area contributed by atoms with Crippen molar-refractivity contribution in [2.24, 2.45) is 0 Å². The van der Waals surface area contributed by atoms with E-state index in [-0.39, 0.29) is 5.41 Å². The average molecular weight is 215 g/mol. The number of ether oxygens (including phenoxy) is 1. The molecule has 2 heterocycles. The zero-order valence-electron chi connectivity index (χ0n) is 8.85. The van der Waals surface area contributed by atoms with Gasteiger partial charge in [-0.1, -0.05) is 12.1 Å². The minimum absolute atomic E-state index is 0.114. The molecule has 0 spiro atoms. The first-order valence-corrected chi connectivity index (χ1v) is 5.29. The van der Waals surface area contributed by atoms with Crippen LogP contribution in [0.4, 0.5) is 5.69 Å². The molecule has 0 aliphatic carbocycles. The molecule has 0 radical (unpaired) electrons. The fraction of sp³-hybridized carbons (Fsp3) is 0.231. The Bertz CT molecular complexity index is 469. The highest BCUT2D eigenvalue weighted by atomic mass is 16.5. The number of rotatable bonds is 2. The predicted molar refractivity (Wildman–Crippen MR) is 61.2 cm³/mol. The summed E-state index contributed by atoms with van der Waals surface area (Å²) in [6.07, 6.45) is 1.70. The van der Waals surface area contributed by atoms with Crippen LogP contribution in [-0.4, -0.2) is 13.2 Å². The van der Waals surface area contributed by atoms with Crippen LogP contribution in [0.25, 0.3) is 0 Å². The Hall–Kier alpha value is -1.74. The van der Waals surface area contributed by atoms with Gasteiger partial charge in [-0.15, -0.1) is 0 Å². The summed E-state index contributed by atoms with van der Waals surface area (Å²) in [5, 5.41) is 0. The van der Waals surface area contributed by atoms with Gasteiger partial charge in [0.05, 0.1) is 24.9 Å². The van der Waals surface area contributed by atoms with E-state index in [2.05, 4.69) is 0 Å². The predicted octanol–water partition coefficient (Wildman–Crippen LogP) is 2.18. The summed E-state index contributed by atoms with van der Waals surface area (Å²) >= 11 is 0. The van der Waals surface area contributed by atoms with E-state index in [0.29, 0.717) is 13.2 Å². The molecule has 1 aliphatic rings. The highest BCUT2D eigenvalue weighted by Gasteiger charge is 2.44. The minimum atomic E-state index is -0.114. The van der Waals surface area contributed by atoms with Gasteiger partial charge in [0.25, 0.3) is 0 Å². The molecular weight excluding hydrogens is 202 g/mol. The lowest BCUT2D eigenvalue weighted by Gasteiger charge is -2.40. The first-order chi connectivity index (χ1) is 7.81. The fourth-order valence-electron chi connectivity index (χ4n) is 2.11. The average Bonchev–Trinajstić information content (AvgIpc) is 2.73. The zero-order valence-corrected chi connectivity index (χ0v) is 8.85. The Morgan fingerprint density at radius 2 is 1.81 bits per heavy atom. The lowest BCUT2D eigenvalue weighted by atomic mass is 9.76. The first-order valence-electron chi connectivity index (χ1n) is 5.29. The van der Waals surface area contributed by atoms with Crippen molar-refractivity contribution in [2.75, 3.05) is 18.9 Å². The summed E-state index contributed by atoms with van der Waals surface area (Å²) in [4.78, 5) is 0. The summed E-state index contributed by atoms with van der Waals surface area (Å²) in [5.74, 6) is 0.962. The molecule has 82 valence electrons. The van der Waals surface area contributed by atoms with Crippen LogP contribution < -0.4 is 5.73 Å². The molecule has 1 saturated heterocycles. The number of hydrogen-bond donors (Lipinski definition) is 1. The minimum Gasteiger partial charge on any atom is -0.468 e. The van der Waals surface area contributed by atoms with Crippen LogP contribution in [0.2, 0.25) is 0 Å². The molecule has 2 aromatic rings. The maximum absolute atomic E-state index is 5.69. The SMILES string of the molecule is Nc1ccc(C2(c3ccco3)COC2)cc1. The van der Waals surface area contributed by atoms with Gasteiger partial charge < -0.3 is 14.9 Å². The molecule has 1 aromatic heterocycles. The molecule has 3 nitrogen and oxygen atoms in total. The Labute approximate surface area is 93.8 Å². The smallest absolute Gasteiger partial charge is 0.118 e. The molecule has 16 heavy (non-hydrogen) atoms. The van der Waals surface area contributed by atoms with Crippen molar-refractivity contribution in [3.63, 3.8) is 0 Å². The van der Waals surface area contributed by atoms with E-state index in [9.17, 15) is 0 Å². The molecule has 0 bridgehead atoms. The normalized spacial score (nSPS) is 18.0. The van der Waals surface area contributed by atoms with Crippen LogP contribution >= 0.6 is 0 Å². The van der Waals surface area contributed by atoms with Crippen molar-refractivity contribution in [1.29, 1.82) is 0 Å². The molecule has 0 atom stereocenters. The Morgan fingerprint density at radius 3 is 2.31 bits per heavy atom. The zero-order chi connectivity index (χ0) is 11.0. The van der Waals surface area contributed by atoms with Crippen LogP contribution in [0.15, 0.2) is 47.1 Å². The Kier molecular flexibility index (Phi) is 2.01. The van der Waals surface area contributed by atoms with Crippen molar-refractivity contribution in [1.82, 2.24) is 0 Å². The number of hydrogen-bond acceptors (Lipinski definition) is 3. The highest BCUT2D eigenvalue weighted by Crippen LogP contribution is 2.39. The number of anilines is 1. The molecule has 3 heteroatoms. The standard InChI is InChI=1S/C13H13NO2/c14-11-5-3-10(4-6-11)13(8-15-9-13)12-2-1-7-16-12/h1-7H,8-9,14H2. The third-order valence-electron chi connectivity index (χ3n) is 3.15. The molecule has 1 fully saturated rings. The van der Waals surface area contributed by atoms with Gasteiger partial charge in [0.15, 0.2) is 0 Å². The summed E-state index contributed by atoms with van der Waals surface area (Å²) in [6.45, 7) is 1.34. The van der Waals surface area contributed by atoms with E-state index in [0.717, 1.165) is 11.4 Å². The van der Waals surface area contributed by atoms with Crippen LogP contribution in [0.1, 0.15) is 11.3 Å². The fourth-order valence-corrected chi connectivity index (χ4v) is 2.11. The van der Waals surface area contributed by atoms with Crippen molar-refractivity contribution in [3.05, 3.63) is 54.0 Å². The van der Waals surface area contributed by atoms with Gasteiger partial charge >= 0.3 is 0 Å². The van der Waals surface area contributed by atoms with Gasteiger partial charge in [-0.2, -0.15) is 0 Å². The van der Waals surface area contributed by atoms with Crippen molar-refractivity contribution >= 4 is 5.69 Å². The molecule has 1 aliphatic heterocycles. The molecule has 0 saturated carbocycles. The van der Waals surface area contributed by atoms with Crippen LogP contribution in [0.5, 0.6) is 0 Å². The number of furan rings is 1. The molecule has 1 aromatic carbocycles. The number of nitrogens with two attached hydrogens (primary N) is 1. The molecule has 3 rings (SSSR count). The second-order valence-corrected chi connectivity index (χ2v) is 4.17. The van der Waals surface area contributed by atoms with Gasteiger partial charge in [0.1, 0.15) is 5.76 Å². The van der Waals surface area contributed by atoms with Gasteiger partial charge in [0.2, 0.25) is 0 Å². The highest BCUT2D eigenvalue weighted by molar-refractivity contribution is 5.45. The Morgan fingerprint density at radius 1 is 1.06 bits per heavy atom. The molecule has 0 amide bonds. The summed E-state index contributed by atoms with van der Waals surface area (Å²) in [6, 6.07) is 11.8. The van der Waals surface area contributed by atoms with E-state index in [1.54, 1.807) is 6.26 Å². The maximum Gasteiger partial charge on any atom is 0.118 e. The molecule has 0 unspecified atom stereocenters. The summed E-state index contributed by atoms with van der Waals surface area (Å²) < 4.78 is 10.9. The number of benzene rings is 1. The molecule has 2 N–H and O–H groups in total. The molecular formula is C13H13NO2. The van der Waals surface area contributed by atoms with Gasteiger partial charge in [-0.05, 0) is 29.8 Å². The van der Waals surface area contributed by atoms with Gasteiger partial charge in [0, 0.05) is 5.69 Å². The van der Waals surface area contributed by atoms with E-state index in [1.165, 1.54) is 5.56 Å². The van der Waals surface area contributed by atoms with Crippen molar-refractivity contribution in [3.8, 4) is 0 Å². The van der Waals surface area contributed by atoms with Crippen molar-refractivity contribution < 1.29 is 9.15 Å².